The van der Waals surface area contributed by atoms with E-state index in [0.717, 1.165) is 21.7 Å². The van der Waals surface area contributed by atoms with E-state index in [-0.39, 0.29) is 6.04 Å². The van der Waals surface area contributed by atoms with E-state index in [0.29, 0.717) is 0 Å². The first-order chi connectivity index (χ1) is 8.25. The largest absolute Gasteiger partial charge is 0.340 e. The van der Waals surface area contributed by atoms with Crippen LogP contribution in [0.3, 0.4) is 0 Å². The van der Waals surface area contributed by atoms with Crippen LogP contribution in [0.4, 0.5) is 0 Å². The van der Waals surface area contributed by atoms with Crippen LogP contribution in [-0.2, 0) is 0 Å². The highest BCUT2D eigenvalue weighted by Gasteiger charge is 2.14. The lowest BCUT2D eigenvalue weighted by molar-refractivity contribution is 0.822. The number of H-pyrrole nitrogens is 1. The average Bonchev–Trinajstić information content (AvgIpc) is 2.98. The van der Waals surface area contributed by atoms with Gasteiger partial charge < -0.3 is 10.7 Å². The smallest absolute Gasteiger partial charge is 0.129 e. The van der Waals surface area contributed by atoms with Gasteiger partial charge in [0, 0.05) is 4.88 Å². The molecule has 0 amide bonds. The van der Waals surface area contributed by atoms with Gasteiger partial charge in [0.25, 0.3) is 0 Å². The standard InChI is InChI=1S/C13H13N3S/c1-8-4-2-5-9-12(8)16-13(15-9)11(14)10-6-3-7-17-10/h2-7,11H,14H2,1H3,(H,15,16). The molecule has 0 aliphatic heterocycles. The Labute approximate surface area is 103 Å². The lowest BCUT2D eigenvalue weighted by Gasteiger charge is -2.04. The number of aromatic nitrogens is 2. The molecule has 0 aliphatic carbocycles. The zero-order valence-corrected chi connectivity index (χ0v) is 10.3. The van der Waals surface area contributed by atoms with Gasteiger partial charge in [0.2, 0.25) is 0 Å². The molecule has 2 heterocycles. The quantitative estimate of drug-likeness (QED) is 0.727. The van der Waals surface area contributed by atoms with Gasteiger partial charge in [0.15, 0.2) is 0 Å². The van der Waals surface area contributed by atoms with Crippen molar-refractivity contribution in [3.8, 4) is 0 Å². The minimum Gasteiger partial charge on any atom is -0.340 e. The van der Waals surface area contributed by atoms with Crippen molar-refractivity contribution in [2.75, 3.05) is 0 Å². The molecule has 2 aromatic heterocycles. The van der Waals surface area contributed by atoms with E-state index >= 15 is 0 Å². The minimum absolute atomic E-state index is 0.165. The Bertz CT molecular complexity index is 640. The molecule has 0 radical (unpaired) electrons. The maximum absolute atomic E-state index is 6.19. The summed E-state index contributed by atoms with van der Waals surface area (Å²) in [4.78, 5) is 9.02. The van der Waals surface area contributed by atoms with Crippen LogP contribution in [0.2, 0.25) is 0 Å². The molecule has 3 N–H and O–H groups in total. The van der Waals surface area contributed by atoms with Gasteiger partial charge in [-0.15, -0.1) is 11.3 Å². The highest BCUT2D eigenvalue weighted by Crippen LogP contribution is 2.24. The van der Waals surface area contributed by atoms with Crippen molar-refractivity contribution in [2.24, 2.45) is 5.73 Å². The van der Waals surface area contributed by atoms with Crippen molar-refractivity contribution in [1.29, 1.82) is 0 Å². The molecule has 1 aromatic carbocycles. The molecule has 4 heteroatoms. The minimum atomic E-state index is -0.165. The van der Waals surface area contributed by atoms with Gasteiger partial charge in [-0.3, -0.25) is 0 Å². The molecular weight excluding hydrogens is 230 g/mol. The number of nitrogens with zero attached hydrogens (tertiary/aromatic N) is 1. The monoisotopic (exact) mass is 243 g/mol. The summed E-state index contributed by atoms with van der Waals surface area (Å²) in [6.45, 7) is 2.06. The molecule has 0 saturated carbocycles. The van der Waals surface area contributed by atoms with Crippen LogP contribution in [0, 0.1) is 6.92 Å². The summed E-state index contributed by atoms with van der Waals surface area (Å²) in [5.74, 6) is 0.830. The number of imidazole rings is 1. The zero-order chi connectivity index (χ0) is 11.8. The molecule has 1 atom stereocenters. The van der Waals surface area contributed by atoms with Crippen LogP contribution in [0.5, 0.6) is 0 Å². The molecule has 86 valence electrons. The number of rotatable bonds is 2. The Morgan fingerprint density at radius 1 is 1.29 bits per heavy atom. The molecule has 0 aliphatic rings. The summed E-state index contributed by atoms with van der Waals surface area (Å²) in [6, 6.07) is 9.99. The van der Waals surface area contributed by atoms with E-state index in [2.05, 4.69) is 23.0 Å². The molecule has 0 fully saturated rings. The molecule has 0 spiro atoms. The first-order valence-corrected chi connectivity index (χ1v) is 6.38. The number of aryl methyl sites for hydroxylation is 1. The Balaban J connectivity index is 2.10. The van der Waals surface area contributed by atoms with Crippen molar-refractivity contribution in [1.82, 2.24) is 9.97 Å². The first kappa shape index (κ1) is 10.5. The molecule has 0 saturated heterocycles. The van der Waals surface area contributed by atoms with Crippen molar-refractivity contribution in [3.05, 3.63) is 52.0 Å². The van der Waals surface area contributed by atoms with Gasteiger partial charge in [-0.25, -0.2) is 4.98 Å². The summed E-state index contributed by atoms with van der Waals surface area (Å²) in [6.07, 6.45) is 0. The number of fused-ring (bicyclic) bond motifs is 1. The summed E-state index contributed by atoms with van der Waals surface area (Å²) < 4.78 is 0. The lowest BCUT2D eigenvalue weighted by atomic mass is 10.2. The number of hydrogen-bond acceptors (Lipinski definition) is 3. The Hall–Kier alpha value is -1.65. The lowest BCUT2D eigenvalue weighted by Crippen LogP contribution is -2.11. The van der Waals surface area contributed by atoms with Crippen molar-refractivity contribution >= 4 is 22.4 Å². The Morgan fingerprint density at radius 3 is 2.88 bits per heavy atom. The van der Waals surface area contributed by atoms with E-state index in [9.17, 15) is 0 Å². The fraction of sp³-hybridized carbons (Fsp3) is 0.154. The second kappa shape index (κ2) is 3.98. The average molecular weight is 243 g/mol. The topological polar surface area (TPSA) is 54.7 Å². The molecule has 1 unspecified atom stereocenters. The maximum Gasteiger partial charge on any atom is 0.129 e. The summed E-state index contributed by atoms with van der Waals surface area (Å²) >= 11 is 1.65. The second-order valence-corrected chi connectivity index (χ2v) is 5.07. The van der Waals surface area contributed by atoms with Crippen molar-refractivity contribution in [2.45, 2.75) is 13.0 Å². The predicted molar refractivity (Wildman–Crippen MR) is 71.2 cm³/mol. The van der Waals surface area contributed by atoms with Crippen LogP contribution in [0.25, 0.3) is 11.0 Å². The normalized spacial score (nSPS) is 13.1. The molecule has 3 aromatic rings. The first-order valence-electron chi connectivity index (χ1n) is 5.50. The SMILES string of the molecule is Cc1cccc2[nH]c(C(N)c3cccs3)nc12. The number of benzene rings is 1. The van der Waals surface area contributed by atoms with Gasteiger partial charge in [-0.05, 0) is 30.0 Å². The van der Waals surface area contributed by atoms with E-state index < -0.39 is 0 Å². The summed E-state index contributed by atoms with van der Waals surface area (Å²) in [7, 11) is 0. The highest BCUT2D eigenvalue weighted by atomic mass is 32.1. The Kier molecular flexibility index (Phi) is 2.46. The van der Waals surface area contributed by atoms with Crippen LogP contribution < -0.4 is 5.73 Å². The third-order valence-electron chi connectivity index (χ3n) is 2.88. The second-order valence-electron chi connectivity index (χ2n) is 4.09. The van der Waals surface area contributed by atoms with Gasteiger partial charge in [0.05, 0.1) is 17.1 Å². The molecule has 3 rings (SSSR count). The maximum atomic E-state index is 6.19. The van der Waals surface area contributed by atoms with Crippen molar-refractivity contribution in [3.63, 3.8) is 0 Å². The number of thiophene rings is 1. The van der Waals surface area contributed by atoms with Crippen LogP contribution in [0.15, 0.2) is 35.7 Å². The summed E-state index contributed by atoms with van der Waals surface area (Å²) in [5, 5.41) is 2.03. The Morgan fingerprint density at radius 2 is 2.18 bits per heavy atom. The van der Waals surface area contributed by atoms with Crippen LogP contribution in [-0.4, -0.2) is 9.97 Å². The predicted octanol–water partition coefficient (Wildman–Crippen LogP) is 2.98. The molecule has 0 bridgehead atoms. The third kappa shape index (κ3) is 1.75. The summed E-state index contributed by atoms with van der Waals surface area (Å²) in [5.41, 5.74) is 9.42. The van der Waals surface area contributed by atoms with Gasteiger partial charge >= 0.3 is 0 Å². The number of aromatic amines is 1. The fourth-order valence-electron chi connectivity index (χ4n) is 1.94. The molecular formula is C13H13N3S. The van der Waals surface area contributed by atoms with Gasteiger partial charge in [0.1, 0.15) is 5.82 Å². The van der Waals surface area contributed by atoms with Crippen LogP contribution in [0.1, 0.15) is 22.3 Å². The highest BCUT2D eigenvalue weighted by molar-refractivity contribution is 7.10. The van der Waals surface area contributed by atoms with E-state index in [1.165, 1.54) is 5.56 Å². The fourth-order valence-corrected chi connectivity index (χ4v) is 2.67. The van der Waals surface area contributed by atoms with Gasteiger partial charge in [-0.2, -0.15) is 0 Å². The number of para-hydroxylation sites is 1. The van der Waals surface area contributed by atoms with E-state index in [1.807, 2.05) is 29.6 Å². The number of nitrogens with one attached hydrogen (secondary N) is 1. The van der Waals surface area contributed by atoms with E-state index in [4.69, 9.17) is 5.73 Å². The zero-order valence-electron chi connectivity index (χ0n) is 9.47. The van der Waals surface area contributed by atoms with Crippen molar-refractivity contribution < 1.29 is 0 Å². The molecule has 17 heavy (non-hydrogen) atoms. The number of hydrogen-bond donors (Lipinski definition) is 2. The third-order valence-corrected chi connectivity index (χ3v) is 3.83. The van der Waals surface area contributed by atoms with Crippen LogP contribution >= 0.6 is 11.3 Å². The molecule has 3 nitrogen and oxygen atoms in total. The van der Waals surface area contributed by atoms with Gasteiger partial charge in [-0.1, -0.05) is 18.2 Å². The van der Waals surface area contributed by atoms with E-state index in [1.54, 1.807) is 11.3 Å². The number of nitrogens with two attached hydrogens (primary N) is 1.